The summed E-state index contributed by atoms with van der Waals surface area (Å²) in [6, 6.07) is 16.2. The molecule has 3 aromatic rings. The Kier molecular flexibility index (Phi) is 4.49. The Morgan fingerprint density at radius 1 is 1.09 bits per heavy atom. The molecule has 1 N–H and O–H groups in total. The molecule has 23 heavy (non-hydrogen) atoms. The van der Waals surface area contributed by atoms with Crippen molar-refractivity contribution in [3.05, 3.63) is 78.9 Å². The highest BCUT2D eigenvalue weighted by Gasteiger charge is 2.08. The van der Waals surface area contributed by atoms with E-state index in [0.717, 1.165) is 0 Å². The Labute approximate surface area is 133 Å². The average Bonchev–Trinajstić information content (AvgIpc) is 3.09. The highest BCUT2D eigenvalue weighted by Crippen LogP contribution is 2.26. The molecule has 0 aliphatic heterocycles. The molecule has 5 heteroatoms. The molecular weight excluding hydrogens is 292 g/mol. The number of benzene rings is 1. The number of rotatable bonds is 5. The van der Waals surface area contributed by atoms with Crippen LogP contribution >= 0.6 is 0 Å². The number of hydrogen-bond acceptors (Lipinski definition) is 4. The molecule has 5 nitrogen and oxygen atoms in total. The van der Waals surface area contributed by atoms with E-state index >= 15 is 0 Å². The number of nitrogens with one attached hydrogen (secondary N) is 1. The van der Waals surface area contributed by atoms with Crippen molar-refractivity contribution in [2.45, 2.75) is 0 Å². The van der Waals surface area contributed by atoms with E-state index in [1.54, 1.807) is 42.8 Å². The number of amides is 1. The fourth-order valence-electron chi connectivity index (χ4n) is 1.89. The number of carbonyl (C=O) groups excluding carboxylic acids is 1. The fourth-order valence-corrected chi connectivity index (χ4v) is 1.89. The molecule has 0 radical (unpaired) electrons. The van der Waals surface area contributed by atoms with Gasteiger partial charge in [0.25, 0.3) is 0 Å². The summed E-state index contributed by atoms with van der Waals surface area (Å²) < 4.78 is 10.8. The van der Waals surface area contributed by atoms with Crippen LogP contribution in [-0.2, 0) is 4.79 Å². The van der Waals surface area contributed by atoms with Gasteiger partial charge in [0.1, 0.15) is 17.2 Å². The lowest BCUT2D eigenvalue weighted by Crippen LogP contribution is -2.09. The quantitative estimate of drug-likeness (QED) is 0.720. The zero-order valence-corrected chi connectivity index (χ0v) is 12.2. The van der Waals surface area contributed by atoms with E-state index in [1.807, 2.05) is 30.3 Å². The van der Waals surface area contributed by atoms with Crippen molar-refractivity contribution in [2.75, 3.05) is 5.32 Å². The number of aromatic nitrogens is 1. The van der Waals surface area contributed by atoms with Crippen molar-refractivity contribution in [1.29, 1.82) is 0 Å². The fraction of sp³-hybridized carbons (Fsp3) is 0. The molecule has 0 spiro atoms. The summed E-state index contributed by atoms with van der Waals surface area (Å²) in [4.78, 5) is 16.1. The second kappa shape index (κ2) is 7.09. The van der Waals surface area contributed by atoms with Crippen LogP contribution in [0.5, 0.6) is 11.6 Å². The second-order valence-electron chi connectivity index (χ2n) is 4.61. The van der Waals surface area contributed by atoms with Crippen LogP contribution in [0.4, 0.5) is 5.69 Å². The molecule has 2 aromatic heterocycles. The van der Waals surface area contributed by atoms with Crippen LogP contribution in [0.15, 0.2) is 77.6 Å². The van der Waals surface area contributed by atoms with Crippen LogP contribution in [0.3, 0.4) is 0 Å². The Morgan fingerprint density at radius 3 is 2.74 bits per heavy atom. The molecule has 0 atom stereocenters. The van der Waals surface area contributed by atoms with Gasteiger partial charge in [0, 0.05) is 12.3 Å². The standard InChI is InChI=1S/C18H14N2O3/c21-17(11-10-14-8-5-13-22-14)20-16-9-4-12-19-18(16)23-15-6-2-1-3-7-15/h1-13H,(H,20,21)/b11-10-. The first-order chi connectivity index (χ1) is 11.3. The number of pyridine rings is 1. The van der Waals surface area contributed by atoms with Gasteiger partial charge in [-0.15, -0.1) is 0 Å². The third kappa shape index (κ3) is 4.07. The zero-order chi connectivity index (χ0) is 15.9. The predicted octanol–water partition coefficient (Wildman–Crippen LogP) is 4.12. The third-order valence-corrected chi connectivity index (χ3v) is 2.93. The average molecular weight is 306 g/mol. The smallest absolute Gasteiger partial charge is 0.248 e. The maximum Gasteiger partial charge on any atom is 0.248 e. The SMILES string of the molecule is O=C(/C=C\c1ccco1)Nc1cccnc1Oc1ccccc1. The Morgan fingerprint density at radius 2 is 1.96 bits per heavy atom. The van der Waals surface area contributed by atoms with Gasteiger partial charge in [-0.05, 0) is 42.5 Å². The minimum absolute atomic E-state index is 0.299. The second-order valence-corrected chi connectivity index (χ2v) is 4.61. The van der Waals surface area contributed by atoms with E-state index in [9.17, 15) is 4.79 Å². The lowest BCUT2D eigenvalue weighted by atomic mass is 10.3. The summed E-state index contributed by atoms with van der Waals surface area (Å²) in [6.07, 6.45) is 6.12. The van der Waals surface area contributed by atoms with Crippen LogP contribution in [0.1, 0.15) is 5.76 Å². The maximum atomic E-state index is 12.0. The van der Waals surface area contributed by atoms with Gasteiger partial charge in [-0.1, -0.05) is 18.2 Å². The summed E-state index contributed by atoms with van der Waals surface area (Å²) in [7, 11) is 0. The van der Waals surface area contributed by atoms with Gasteiger partial charge in [-0.2, -0.15) is 0 Å². The Hall–Kier alpha value is -3.34. The van der Waals surface area contributed by atoms with Gasteiger partial charge in [0.15, 0.2) is 0 Å². The van der Waals surface area contributed by atoms with E-state index in [1.165, 1.54) is 6.08 Å². The van der Waals surface area contributed by atoms with Crippen molar-refractivity contribution >= 4 is 17.7 Å². The normalized spacial score (nSPS) is 10.6. The van der Waals surface area contributed by atoms with Gasteiger partial charge >= 0.3 is 0 Å². The minimum Gasteiger partial charge on any atom is -0.465 e. The van der Waals surface area contributed by atoms with Gasteiger partial charge in [-0.3, -0.25) is 4.79 Å². The summed E-state index contributed by atoms with van der Waals surface area (Å²) in [5, 5.41) is 2.74. The van der Waals surface area contributed by atoms with Crippen molar-refractivity contribution < 1.29 is 13.9 Å². The first-order valence-corrected chi connectivity index (χ1v) is 7.02. The van der Waals surface area contributed by atoms with Crippen molar-refractivity contribution in [3.8, 4) is 11.6 Å². The molecule has 1 amide bonds. The Bertz CT molecular complexity index is 796. The summed E-state index contributed by atoms with van der Waals surface area (Å²) in [5.41, 5.74) is 0.491. The van der Waals surface area contributed by atoms with Gasteiger partial charge < -0.3 is 14.5 Å². The van der Waals surface area contributed by atoms with Crippen molar-refractivity contribution in [2.24, 2.45) is 0 Å². The zero-order valence-electron chi connectivity index (χ0n) is 12.2. The first-order valence-electron chi connectivity index (χ1n) is 7.02. The van der Waals surface area contributed by atoms with E-state index in [0.29, 0.717) is 23.1 Å². The van der Waals surface area contributed by atoms with E-state index in [4.69, 9.17) is 9.15 Å². The number of para-hydroxylation sites is 1. The van der Waals surface area contributed by atoms with Crippen molar-refractivity contribution in [1.82, 2.24) is 4.98 Å². The molecule has 114 valence electrons. The van der Waals surface area contributed by atoms with Crippen LogP contribution in [0, 0.1) is 0 Å². The lowest BCUT2D eigenvalue weighted by molar-refractivity contribution is -0.111. The molecule has 3 rings (SSSR count). The third-order valence-electron chi connectivity index (χ3n) is 2.93. The lowest BCUT2D eigenvalue weighted by Gasteiger charge is -2.09. The number of nitrogens with zero attached hydrogens (tertiary/aromatic N) is 1. The summed E-state index contributed by atoms with van der Waals surface area (Å²) >= 11 is 0. The molecule has 0 bridgehead atoms. The largest absolute Gasteiger partial charge is 0.465 e. The molecular formula is C18H14N2O3. The van der Waals surface area contributed by atoms with Crippen molar-refractivity contribution in [3.63, 3.8) is 0 Å². The van der Waals surface area contributed by atoms with E-state index in [-0.39, 0.29) is 5.91 Å². The molecule has 0 aliphatic carbocycles. The van der Waals surface area contributed by atoms with Crippen LogP contribution < -0.4 is 10.1 Å². The number of hydrogen-bond donors (Lipinski definition) is 1. The predicted molar refractivity (Wildman–Crippen MR) is 87.1 cm³/mol. The summed E-state index contributed by atoms with van der Waals surface area (Å²) in [5.74, 6) is 1.28. The van der Waals surface area contributed by atoms with Crippen LogP contribution in [0.25, 0.3) is 6.08 Å². The number of furan rings is 1. The summed E-state index contributed by atoms with van der Waals surface area (Å²) in [6.45, 7) is 0. The first kappa shape index (κ1) is 14.6. The number of carbonyl (C=O) groups is 1. The Balaban J connectivity index is 1.71. The molecule has 0 saturated carbocycles. The highest BCUT2D eigenvalue weighted by molar-refractivity contribution is 6.02. The molecule has 0 unspecified atom stereocenters. The monoisotopic (exact) mass is 306 g/mol. The van der Waals surface area contributed by atoms with Gasteiger partial charge in [0.2, 0.25) is 11.8 Å². The molecule has 0 aliphatic rings. The van der Waals surface area contributed by atoms with Gasteiger partial charge in [-0.25, -0.2) is 4.98 Å². The van der Waals surface area contributed by atoms with Gasteiger partial charge in [0.05, 0.1) is 6.26 Å². The molecule has 0 saturated heterocycles. The number of ether oxygens (including phenoxy) is 1. The topological polar surface area (TPSA) is 64.4 Å². The number of anilines is 1. The molecule has 1 aromatic carbocycles. The van der Waals surface area contributed by atoms with Crippen LogP contribution in [-0.4, -0.2) is 10.9 Å². The highest BCUT2D eigenvalue weighted by atomic mass is 16.5. The molecule has 0 fully saturated rings. The van der Waals surface area contributed by atoms with E-state index in [2.05, 4.69) is 10.3 Å². The minimum atomic E-state index is -0.299. The maximum absolute atomic E-state index is 12.0. The molecule has 2 heterocycles. The van der Waals surface area contributed by atoms with E-state index < -0.39 is 0 Å². The van der Waals surface area contributed by atoms with Crippen LogP contribution in [0.2, 0.25) is 0 Å².